The Balaban J connectivity index is 1.60. The molecule has 4 N–H and O–H groups in total. The van der Waals surface area contributed by atoms with Crippen molar-refractivity contribution in [2.75, 3.05) is 40.4 Å². The molecule has 32 heavy (non-hydrogen) atoms. The van der Waals surface area contributed by atoms with Crippen molar-refractivity contribution in [2.45, 2.75) is 25.4 Å². The summed E-state index contributed by atoms with van der Waals surface area (Å²) in [5.74, 6) is 1.70. The Labute approximate surface area is 189 Å². The molecular formula is C24H33N5O3. The number of guanidine groups is 1. The van der Waals surface area contributed by atoms with Crippen molar-refractivity contribution in [1.82, 2.24) is 15.5 Å². The largest absolute Gasteiger partial charge is 0.497 e. The summed E-state index contributed by atoms with van der Waals surface area (Å²) in [6.45, 7) is 3.35. The molecule has 0 radical (unpaired) electrons. The first-order valence-electron chi connectivity index (χ1n) is 10.9. The average Bonchev–Trinajstić information content (AvgIpc) is 3.35. The molecule has 1 atom stereocenters. The number of primary amides is 1. The summed E-state index contributed by atoms with van der Waals surface area (Å²) < 4.78 is 10.8. The van der Waals surface area contributed by atoms with E-state index >= 15 is 0 Å². The van der Waals surface area contributed by atoms with Crippen LogP contribution in [0, 0.1) is 0 Å². The van der Waals surface area contributed by atoms with Crippen molar-refractivity contribution >= 4 is 11.9 Å². The van der Waals surface area contributed by atoms with Gasteiger partial charge in [0.2, 0.25) is 0 Å². The van der Waals surface area contributed by atoms with Gasteiger partial charge in [0.05, 0.1) is 13.2 Å². The van der Waals surface area contributed by atoms with Gasteiger partial charge in [0.15, 0.2) is 12.6 Å². The van der Waals surface area contributed by atoms with E-state index < -0.39 is 5.91 Å². The topological polar surface area (TPSA) is 101 Å². The van der Waals surface area contributed by atoms with Crippen LogP contribution in [0.5, 0.6) is 11.5 Å². The Morgan fingerprint density at radius 1 is 1.12 bits per heavy atom. The van der Waals surface area contributed by atoms with E-state index in [1.165, 1.54) is 18.4 Å². The molecule has 8 nitrogen and oxygen atoms in total. The van der Waals surface area contributed by atoms with Gasteiger partial charge in [-0.15, -0.1) is 0 Å². The van der Waals surface area contributed by atoms with Gasteiger partial charge in [-0.1, -0.05) is 24.3 Å². The third-order valence-electron chi connectivity index (χ3n) is 5.49. The van der Waals surface area contributed by atoms with Gasteiger partial charge >= 0.3 is 0 Å². The van der Waals surface area contributed by atoms with Crippen LogP contribution in [0.1, 0.15) is 30.0 Å². The number of likely N-dealkylation sites (tertiary alicyclic amines) is 1. The molecule has 1 aliphatic rings. The minimum absolute atomic E-state index is 0.137. The second-order valence-corrected chi connectivity index (χ2v) is 7.74. The van der Waals surface area contributed by atoms with Gasteiger partial charge in [-0.3, -0.25) is 14.7 Å². The molecule has 8 heteroatoms. The number of rotatable bonds is 10. The molecule has 0 bridgehead atoms. The normalized spacial score (nSPS) is 15.2. The first-order valence-corrected chi connectivity index (χ1v) is 10.9. The second kappa shape index (κ2) is 12.0. The highest BCUT2D eigenvalue weighted by molar-refractivity contribution is 5.79. The number of nitrogens with zero attached hydrogens (tertiary/aromatic N) is 2. The van der Waals surface area contributed by atoms with E-state index in [9.17, 15) is 4.79 Å². The Morgan fingerprint density at radius 2 is 1.88 bits per heavy atom. The number of carbonyl (C=O) groups is 1. The number of aliphatic imine (C=N–C) groups is 1. The van der Waals surface area contributed by atoms with Crippen LogP contribution in [0.3, 0.4) is 0 Å². The van der Waals surface area contributed by atoms with Crippen molar-refractivity contribution < 1.29 is 14.3 Å². The van der Waals surface area contributed by atoms with Gasteiger partial charge in [0, 0.05) is 20.1 Å². The molecule has 0 saturated carbocycles. The van der Waals surface area contributed by atoms with Crippen LogP contribution in [0.2, 0.25) is 0 Å². The minimum Gasteiger partial charge on any atom is -0.497 e. The number of methoxy groups -OCH3 is 1. The SMILES string of the molecule is CN=C(NCc1cccc(OCC(N)=O)c1)NCC(c1cccc(OC)c1)N1CCCC1. The quantitative estimate of drug-likeness (QED) is 0.387. The molecule has 1 heterocycles. The molecule has 3 rings (SSSR count). The van der Waals surface area contributed by atoms with Crippen LogP contribution in [0.4, 0.5) is 0 Å². The molecule has 0 aliphatic carbocycles. The van der Waals surface area contributed by atoms with Crippen LogP contribution >= 0.6 is 0 Å². The highest BCUT2D eigenvalue weighted by Crippen LogP contribution is 2.27. The predicted octanol–water partition coefficient (Wildman–Crippen LogP) is 2.06. The lowest BCUT2D eigenvalue weighted by molar-refractivity contribution is -0.119. The fraction of sp³-hybridized carbons (Fsp3) is 0.417. The average molecular weight is 440 g/mol. The van der Waals surface area contributed by atoms with Crippen LogP contribution in [0.15, 0.2) is 53.5 Å². The lowest BCUT2D eigenvalue weighted by Crippen LogP contribution is -2.42. The molecule has 0 aromatic heterocycles. The van der Waals surface area contributed by atoms with Crippen LogP contribution in [0.25, 0.3) is 0 Å². The van der Waals surface area contributed by atoms with E-state index in [-0.39, 0.29) is 12.6 Å². The van der Waals surface area contributed by atoms with Crippen LogP contribution in [-0.2, 0) is 11.3 Å². The Hall–Kier alpha value is -3.26. The molecule has 2 aromatic carbocycles. The van der Waals surface area contributed by atoms with E-state index in [4.69, 9.17) is 15.2 Å². The molecule has 172 valence electrons. The number of hydrogen-bond acceptors (Lipinski definition) is 5. The first-order chi connectivity index (χ1) is 15.6. The van der Waals surface area contributed by atoms with Gasteiger partial charge in [0.1, 0.15) is 11.5 Å². The first kappa shape index (κ1) is 23.4. The van der Waals surface area contributed by atoms with E-state index in [1.807, 2.05) is 30.3 Å². The zero-order valence-electron chi connectivity index (χ0n) is 18.8. The number of benzene rings is 2. The summed E-state index contributed by atoms with van der Waals surface area (Å²) in [5.41, 5.74) is 7.39. The van der Waals surface area contributed by atoms with Crippen molar-refractivity contribution in [1.29, 1.82) is 0 Å². The van der Waals surface area contributed by atoms with Crippen molar-refractivity contribution in [2.24, 2.45) is 10.7 Å². The standard InChI is InChI=1S/C24H33N5O3/c1-26-24(27-15-18-7-5-10-21(13-18)32-17-23(25)30)28-16-22(29-11-3-4-12-29)19-8-6-9-20(14-19)31-2/h5-10,13-14,22H,3-4,11-12,15-17H2,1-2H3,(H2,25,30)(H2,26,27,28). The van der Waals surface area contributed by atoms with Crippen molar-refractivity contribution in [3.63, 3.8) is 0 Å². The third-order valence-corrected chi connectivity index (χ3v) is 5.49. The minimum atomic E-state index is -0.498. The van der Waals surface area contributed by atoms with E-state index in [0.29, 0.717) is 12.3 Å². The lowest BCUT2D eigenvalue weighted by atomic mass is 10.1. The molecule has 1 unspecified atom stereocenters. The number of hydrogen-bond donors (Lipinski definition) is 3. The van der Waals surface area contributed by atoms with Gasteiger partial charge in [-0.2, -0.15) is 0 Å². The molecule has 1 amide bonds. The molecule has 2 aromatic rings. The summed E-state index contributed by atoms with van der Waals surface area (Å²) in [7, 11) is 3.46. The number of ether oxygens (including phenoxy) is 2. The lowest BCUT2D eigenvalue weighted by Gasteiger charge is -2.29. The summed E-state index contributed by atoms with van der Waals surface area (Å²) in [6.07, 6.45) is 2.45. The number of nitrogens with one attached hydrogen (secondary N) is 2. The van der Waals surface area contributed by atoms with E-state index in [0.717, 1.165) is 36.9 Å². The Morgan fingerprint density at radius 3 is 2.59 bits per heavy atom. The van der Waals surface area contributed by atoms with Gasteiger partial charge < -0.3 is 25.8 Å². The monoisotopic (exact) mass is 439 g/mol. The highest BCUT2D eigenvalue weighted by atomic mass is 16.5. The maximum atomic E-state index is 10.9. The Kier molecular flexibility index (Phi) is 8.74. The maximum Gasteiger partial charge on any atom is 0.255 e. The summed E-state index contributed by atoms with van der Waals surface area (Å²) in [5, 5.41) is 6.82. The zero-order chi connectivity index (χ0) is 22.8. The molecular weight excluding hydrogens is 406 g/mol. The van der Waals surface area contributed by atoms with Crippen molar-refractivity contribution in [3.8, 4) is 11.5 Å². The van der Waals surface area contributed by atoms with Crippen LogP contribution < -0.4 is 25.8 Å². The number of nitrogens with two attached hydrogens (primary N) is 1. The van der Waals surface area contributed by atoms with Crippen LogP contribution in [-0.4, -0.2) is 57.2 Å². The van der Waals surface area contributed by atoms with Gasteiger partial charge in [-0.05, 0) is 61.3 Å². The highest BCUT2D eigenvalue weighted by Gasteiger charge is 2.24. The molecule has 0 spiro atoms. The molecule has 1 fully saturated rings. The zero-order valence-corrected chi connectivity index (χ0v) is 18.8. The third kappa shape index (κ3) is 6.88. The Bertz CT molecular complexity index is 912. The predicted molar refractivity (Wildman–Crippen MR) is 126 cm³/mol. The van der Waals surface area contributed by atoms with Gasteiger partial charge in [0.25, 0.3) is 5.91 Å². The maximum absolute atomic E-state index is 10.9. The van der Waals surface area contributed by atoms with Crippen molar-refractivity contribution in [3.05, 3.63) is 59.7 Å². The number of amides is 1. The fourth-order valence-electron chi connectivity index (χ4n) is 3.86. The molecule has 1 saturated heterocycles. The van der Waals surface area contributed by atoms with E-state index in [1.54, 1.807) is 20.2 Å². The number of carbonyl (C=O) groups excluding carboxylic acids is 1. The fourth-order valence-corrected chi connectivity index (χ4v) is 3.86. The summed E-state index contributed by atoms with van der Waals surface area (Å²) in [6, 6.07) is 16.1. The smallest absolute Gasteiger partial charge is 0.255 e. The summed E-state index contributed by atoms with van der Waals surface area (Å²) in [4.78, 5) is 17.8. The second-order valence-electron chi connectivity index (χ2n) is 7.74. The van der Waals surface area contributed by atoms with E-state index in [2.05, 4.69) is 32.7 Å². The van der Waals surface area contributed by atoms with Gasteiger partial charge in [-0.25, -0.2) is 0 Å². The molecule has 1 aliphatic heterocycles. The summed E-state index contributed by atoms with van der Waals surface area (Å²) >= 11 is 0.